The molecule has 1 aromatic carbocycles. The molecule has 5 nitrogen and oxygen atoms in total. The molecule has 1 saturated heterocycles. The van der Waals surface area contributed by atoms with Crippen LogP contribution in [0.15, 0.2) is 24.3 Å². The van der Waals surface area contributed by atoms with Gasteiger partial charge < -0.3 is 16.0 Å². The van der Waals surface area contributed by atoms with Gasteiger partial charge in [0.05, 0.1) is 0 Å². The molecule has 1 aliphatic heterocycles. The van der Waals surface area contributed by atoms with Crippen molar-refractivity contribution >= 4 is 24.2 Å². The number of halogens is 1. The highest BCUT2D eigenvalue weighted by Gasteiger charge is 2.26. The summed E-state index contributed by atoms with van der Waals surface area (Å²) >= 11 is 0. The van der Waals surface area contributed by atoms with E-state index in [9.17, 15) is 9.59 Å². The summed E-state index contributed by atoms with van der Waals surface area (Å²) in [5.74, 6) is 0.194. The van der Waals surface area contributed by atoms with Crippen LogP contribution in [-0.4, -0.2) is 36.3 Å². The maximum Gasteiger partial charge on any atom is 0.223 e. The topological polar surface area (TPSA) is 75.4 Å². The van der Waals surface area contributed by atoms with Crippen molar-refractivity contribution in [1.82, 2.24) is 10.2 Å². The van der Waals surface area contributed by atoms with E-state index in [2.05, 4.69) is 5.32 Å². The number of nitrogens with two attached hydrogens (primary N) is 1. The number of nitrogens with zero attached hydrogens (tertiary/aromatic N) is 1. The highest BCUT2D eigenvalue weighted by atomic mass is 35.5. The zero-order valence-electron chi connectivity index (χ0n) is 13.6. The van der Waals surface area contributed by atoms with E-state index in [0.717, 1.165) is 18.4 Å². The first-order valence-corrected chi connectivity index (χ1v) is 7.91. The first kappa shape index (κ1) is 19.5. The standard InChI is InChI=1S/C17H25N3O2.ClH/c1-13-2-4-14(5-3-13)12-19-17(22)15-7-10-20(11-8-15)16(21)6-9-18;/h2-5,15H,6-12,18H2,1H3,(H,19,22);1H. The van der Waals surface area contributed by atoms with Crippen LogP contribution in [0.3, 0.4) is 0 Å². The van der Waals surface area contributed by atoms with E-state index in [-0.39, 0.29) is 30.1 Å². The van der Waals surface area contributed by atoms with Crippen molar-refractivity contribution in [3.05, 3.63) is 35.4 Å². The average molecular weight is 340 g/mol. The summed E-state index contributed by atoms with van der Waals surface area (Å²) in [6.45, 7) is 4.30. The van der Waals surface area contributed by atoms with Gasteiger partial charge in [-0.15, -0.1) is 12.4 Å². The van der Waals surface area contributed by atoms with Gasteiger partial charge in [0.25, 0.3) is 0 Å². The van der Waals surface area contributed by atoms with Crippen molar-refractivity contribution in [3.8, 4) is 0 Å². The largest absolute Gasteiger partial charge is 0.352 e. The number of rotatable bonds is 5. The second-order valence-corrected chi connectivity index (χ2v) is 5.90. The minimum Gasteiger partial charge on any atom is -0.352 e. The van der Waals surface area contributed by atoms with E-state index >= 15 is 0 Å². The fourth-order valence-electron chi connectivity index (χ4n) is 2.71. The Morgan fingerprint density at radius 1 is 1.22 bits per heavy atom. The summed E-state index contributed by atoms with van der Waals surface area (Å²) in [5.41, 5.74) is 7.72. The van der Waals surface area contributed by atoms with Crippen LogP contribution in [0.25, 0.3) is 0 Å². The maximum absolute atomic E-state index is 12.2. The van der Waals surface area contributed by atoms with E-state index in [1.165, 1.54) is 5.56 Å². The summed E-state index contributed by atoms with van der Waals surface area (Å²) in [7, 11) is 0. The molecule has 0 bridgehead atoms. The molecule has 0 aromatic heterocycles. The van der Waals surface area contributed by atoms with Crippen molar-refractivity contribution in [2.75, 3.05) is 19.6 Å². The van der Waals surface area contributed by atoms with Gasteiger partial charge in [0.2, 0.25) is 11.8 Å². The molecule has 2 rings (SSSR count). The normalized spacial score (nSPS) is 15.0. The second kappa shape index (κ2) is 9.53. The number of benzene rings is 1. The maximum atomic E-state index is 12.2. The number of carbonyl (C=O) groups is 2. The molecule has 1 aromatic rings. The van der Waals surface area contributed by atoms with Gasteiger partial charge in [-0.1, -0.05) is 29.8 Å². The number of piperidine rings is 1. The quantitative estimate of drug-likeness (QED) is 0.856. The van der Waals surface area contributed by atoms with Crippen molar-refractivity contribution in [1.29, 1.82) is 0 Å². The van der Waals surface area contributed by atoms with E-state index in [1.54, 1.807) is 0 Å². The van der Waals surface area contributed by atoms with Crippen LogP contribution in [0.5, 0.6) is 0 Å². The number of aryl methyl sites for hydroxylation is 1. The van der Waals surface area contributed by atoms with E-state index in [1.807, 2.05) is 36.1 Å². The molecule has 0 atom stereocenters. The third-order valence-corrected chi connectivity index (χ3v) is 4.16. The Hall–Kier alpha value is -1.59. The average Bonchev–Trinajstić information content (AvgIpc) is 2.54. The van der Waals surface area contributed by atoms with Crippen LogP contribution in [0.4, 0.5) is 0 Å². The van der Waals surface area contributed by atoms with Crippen LogP contribution < -0.4 is 11.1 Å². The Morgan fingerprint density at radius 2 is 1.83 bits per heavy atom. The molecular formula is C17H26ClN3O2. The van der Waals surface area contributed by atoms with E-state index in [0.29, 0.717) is 32.6 Å². The lowest BCUT2D eigenvalue weighted by Gasteiger charge is -2.31. The highest BCUT2D eigenvalue weighted by Crippen LogP contribution is 2.18. The van der Waals surface area contributed by atoms with E-state index in [4.69, 9.17) is 5.73 Å². The Morgan fingerprint density at radius 3 is 2.39 bits per heavy atom. The van der Waals surface area contributed by atoms with Crippen LogP contribution in [0.1, 0.15) is 30.4 Å². The van der Waals surface area contributed by atoms with Crippen molar-refractivity contribution in [2.45, 2.75) is 32.7 Å². The molecule has 0 aliphatic carbocycles. The van der Waals surface area contributed by atoms with Gasteiger partial charge in [-0.3, -0.25) is 9.59 Å². The van der Waals surface area contributed by atoms with E-state index < -0.39 is 0 Å². The van der Waals surface area contributed by atoms with Crippen molar-refractivity contribution in [3.63, 3.8) is 0 Å². The number of likely N-dealkylation sites (tertiary alicyclic amines) is 1. The zero-order chi connectivity index (χ0) is 15.9. The van der Waals surface area contributed by atoms with Gasteiger partial charge in [0, 0.05) is 38.5 Å². The lowest BCUT2D eigenvalue weighted by molar-refractivity contribution is -0.135. The minimum atomic E-state index is 0. The third-order valence-electron chi connectivity index (χ3n) is 4.16. The second-order valence-electron chi connectivity index (χ2n) is 5.90. The molecule has 0 spiro atoms. The smallest absolute Gasteiger partial charge is 0.223 e. The number of hydrogen-bond acceptors (Lipinski definition) is 3. The fraction of sp³-hybridized carbons (Fsp3) is 0.529. The minimum absolute atomic E-state index is 0. The highest BCUT2D eigenvalue weighted by molar-refractivity contribution is 5.85. The Labute approximate surface area is 144 Å². The molecule has 6 heteroatoms. The first-order valence-electron chi connectivity index (χ1n) is 7.91. The van der Waals surface area contributed by atoms with Gasteiger partial charge >= 0.3 is 0 Å². The number of nitrogens with one attached hydrogen (secondary N) is 1. The molecule has 0 unspecified atom stereocenters. The van der Waals surface area contributed by atoms with Gasteiger partial charge in [-0.05, 0) is 25.3 Å². The summed E-state index contributed by atoms with van der Waals surface area (Å²) in [5, 5.41) is 2.99. The molecule has 1 fully saturated rings. The van der Waals surface area contributed by atoms with Crippen molar-refractivity contribution < 1.29 is 9.59 Å². The summed E-state index contributed by atoms with van der Waals surface area (Å²) in [6.07, 6.45) is 1.86. The molecule has 2 amide bonds. The van der Waals surface area contributed by atoms with Gasteiger partial charge in [-0.2, -0.15) is 0 Å². The lowest BCUT2D eigenvalue weighted by atomic mass is 9.95. The van der Waals surface area contributed by atoms with Crippen LogP contribution in [-0.2, 0) is 16.1 Å². The molecule has 0 saturated carbocycles. The van der Waals surface area contributed by atoms with Gasteiger partial charge in [0.1, 0.15) is 0 Å². The van der Waals surface area contributed by atoms with Gasteiger partial charge in [0.15, 0.2) is 0 Å². The Balaban J connectivity index is 0.00000264. The number of amides is 2. The molecule has 1 aliphatic rings. The fourth-order valence-corrected chi connectivity index (χ4v) is 2.71. The molecule has 0 radical (unpaired) electrons. The Kier molecular flexibility index (Phi) is 8.06. The SMILES string of the molecule is Cc1ccc(CNC(=O)C2CCN(C(=O)CCN)CC2)cc1.Cl. The van der Waals surface area contributed by atoms with Crippen molar-refractivity contribution in [2.24, 2.45) is 11.7 Å². The summed E-state index contributed by atoms with van der Waals surface area (Å²) in [4.78, 5) is 25.8. The molecule has 128 valence electrons. The number of hydrogen-bond donors (Lipinski definition) is 2. The molecule has 1 heterocycles. The number of carbonyl (C=O) groups excluding carboxylic acids is 2. The summed E-state index contributed by atoms with van der Waals surface area (Å²) < 4.78 is 0. The molecule has 3 N–H and O–H groups in total. The van der Waals surface area contributed by atoms with Crippen LogP contribution in [0.2, 0.25) is 0 Å². The molecular weight excluding hydrogens is 314 g/mol. The Bertz CT molecular complexity index is 511. The zero-order valence-corrected chi connectivity index (χ0v) is 14.4. The first-order chi connectivity index (χ1) is 10.6. The lowest BCUT2D eigenvalue weighted by Crippen LogP contribution is -2.43. The van der Waals surface area contributed by atoms with Crippen LogP contribution in [0, 0.1) is 12.8 Å². The van der Waals surface area contributed by atoms with Crippen LogP contribution >= 0.6 is 12.4 Å². The molecule has 23 heavy (non-hydrogen) atoms. The predicted octanol–water partition coefficient (Wildman–Crippen LogP) is 1.62. The monoisotopic (exact) mass is 339 g/mol. The third kappa shape index (κ3) is 5.84. The van der Waals surface area contributed by atoms with Gasteiger partial charge in [-0.25, -0.2) is 0 Å². The summed E-state index contributed by atoms with van der Waals surface area (Å²) in [6, 6.07) is 8.15. The predicted molar refractivity (Wildman–Crippen MR) is 93.2 cm³/mol.